The number of carbonyl (C=O) groups excluding carboxylic acids is 3. The highest BCUT2D eigenvalue weighted by atomic mass is 35.5. The molecule has 3 aromatic carbocycles. The van der Waals surface area contributed by atoms with Gasteiger partial charge in [-0.1, -0.05) is 80.8 Å². The quantitative estimate of drug-likeness (QED) is 0.144. The minimum Gasteiger partial charge on any atom is -0.394 e. The molecule has 10 nitrogen and oxygen atoms in total. The van der Waals surface area contributed by atoms with Crippen LogP contribution >= 0.6 is 11.6 Å². The number of aliphatic hydroxyl groups is 1. The molecule has 0 aliphatic carbocycles. The van der Waals surface area contributed by atoms with Gasteiger partial charge >= 0.3 is 6.03 Å². The van der Waals surface area contributed by atoms with Gasteiger partial charge in [-0.25, -0.2) is 9.48 Å². The van der Waals surface area contributed by atoms with Crippen LogP contribution in [-0.4, -0.2) is 68.3 Å². The van der Waals surface area contributed by atoms with Crippen LogP contribution in [0.2, 0.25) is 5.02 Å². The fourth-order valence-corrected chi connectivity index (χ4v) is 6.31. The minimum absolute atomic E-state index is 0.141. The zero-order valence-electron chi connectivity index (χ0n) is 28.4. The second-order valence-electron chi connectivity index (χ2n) is 12.5. The molecule has 1 aliphatic rings. The zero-order valence-corrected chi connectivity index (χ0v) is 29.2. The molecule has 0 bridgehead atoms. The van der Waals surface area contributed by atoms with Crippen LogP contribution in [0.4, 0.5) is 10.5 Å². The highest BCUT2D eigenvalue weighted by Gasteiger charge is 2.32. The smallest absolute Gasteiger partial charge is 0.319 e. The Labute approximate surface area is 293 Å². The molecule has 1 aromatic heterocycles. The standard InChI is InChI=1S/C38H45ClN6O4/c1-4-6-18-43(19-7-5-2)37(48)34-20-26(3)45(42-34)35-17-16-30(41-38(49)40-23-28-13-10-11-15-33(28)39)22-32(35)36(47)44-24-29-14-9-8-12-27(29)21-31(44)25-46/h8-17,20,22,31,46H,4-7,18-19,21,23-25H2,1-3H3,(H2,40,41,49). The molecular formula is C38H45ClN6O4. The first-order chi connectivity index (χ1) is 23.7. The van der Waals surface area contributed by atoms with Crippen molar-refractivity contribution in [3.8, 4) is 5.69 Å². The molecule has 0 radical (unpaired) electrons. The minimum atomic E-state index is -0.464. The van der Waals surface area contributed by atoms with E-state index < -0.39 is 12.1 Å². The summed E-state index contributed by atoms with van der Waals surface area (Å²) in [6.45, 7) is 7.70. The molecule has 3 N–H and O–H groups in total. The van der Waals surface area contributed by atoms with Crippen molar-refractivity contribution in [2.45, 2.75) is 72.0 Å². The van der Waals surface area contributed by atoms with Crippen LogP contribution in [-0.2, 0) is 19.5 Å². The van der Waals surface area contributed by atoms with Gasteiger partial charge < -0.3 is 25.5 Å². The largest absolute Gasteiger partial charge is 0.394 e. The molecule has 1 aliphatic heterocycles. The van der Waals surface area contributed by atoms with Gasteiger partial charge in [-0.15, -0.1) is 0 Å². The van der Waals surface area contributed by atoms with Crippen molar-refractivity contribution in [2.75, 3.05) is 25.0 Å². The lowest BCUT2D eigenvalue weighted by Gasteiger charge is -2.36. The van der Waals surface area contributed by atoms with Gasteiger partial charge in [-0.05, 0) is 73.2 Å². The molecule has 49 heavy (non-hydrogen) atoms. The summed E-state index contributed by atoms with van der Waals surface area (Å²) in [6.07, 6.45) is 4.27. The number of anilines is 1. The fourth-order valence-electron chi connectivity index (χ4n) is 6.10. The predicted molar refractivity (Wildman–Crippen MR) is 192 cm³/mol. The van der Waals surface area contributed by atoms with Crippen molar-refractivity contribution < 1.29 is 19.5 Å². The first kappa shape index (κ1) is 35.6. The Morgan fingerprint density at radius 3 is 2.35 bits per heavy atom. The molecular weight excluding hydrogens is 640 g/mol. The number of unbranched alkanes of at least 4 members (excludes halogenated alkanes) is 2. The summed E-state index contributed by atoms with van der Waals surface area (Å²) < 4.78 is 1.62. The predicted octanol–water partition coefficient (Wildman–Crippen LogP) is 6.76. The SMILES string of the molecule is CCCCN(CCCC)C(=O)c1cc(C)n(-c2ccc(NC(=O)NCc3ccccc3Cl)cc2C(=O)N2Cc3ccccc3CC2CO)n1. The maximum Gasteiger partial charge on any atom is 0.319 e. The Morgan fingerprint density at radius 1 is 0.959 bits per heavy atom. The normalized spacial score (nSPS) is 13.9. The first-order valence-corrected chi connectivity index (χ1v) is 17.4. The number of halogens is 1. The molecule has 11 heteroatoms. The summed E-state index contributed by atoms with van der Waals surface area (Å²) in [5, 5.41) is 21.3. The number of rotatable bonds is 13. The van der Waals surface area contributed by atoms with Crippen LogP contribution in [0.25, 0.3) is 5.69 Å². The molecule has 0 saturated heterocycles. The van der Waals surface area contributed by atoms with Crippen LogP contribution < -0.4 is 10.6 Å². The number of urea groups is 1. The van der Waals surface area contributed by atoms with Crippen molar-refractivity contribution in [3.63, 3.8) is 0 Å². The number of nitrogens with zero attached hydrogens (tertiary/aromatic N) is 4. The number of aliphatic hydroxyl groups excluding tert-OH is 1. The van der Waals surface area contributed by atoms with Crippen molar-refractivity contribution in [1.82, 2.24) is 24.9 Å². The van der Waals surface area contributed by atoms with Crippen molar-refractivity contribution in [2.24, 2.45) is 0 Å². The van der Waals surface area contributed by atoms with Gasteiger partial charge in [-0.2, -0.15) is 5.10 Å². The molecule has 1 unspecified atom stereocenters. The van der Waals surface area contributed by atoms with Gasteiger partial charge in [0.1, 0.15) is 0 Å². The monoisotopic (exact) mass is 684 g/mol. The van der Waals surface area contributed by atoms with E-state index in [2.05, 4.69) is 24.5 Å². The summed E-state index contributed by atoms with van der Waals surface area (Å²) in [5.41, 5.74) is 5.01. The number of fused-ring (bicyclic) bond motifs is 1. The molecule has 4 aromatic rings. The van der Waals surface area contributed by atoms with Gasteiger partial charge in [0.25, 0.3) is 11.8 Å². The molecule has 5 rings (SSSR count). The van der Waals surface area contributed by atoms with E-state index in [0.717, 1.165) is 42.4 Å². The van der Waals surface area contributed by atoms with E-state index in [9.17, 15) is 19.5 Å². The Morgan fingerprint density at radius 2 is 1.65 bits per heavy atom. The van der Waals surface area contributed by atoms with E-state index >= 15 is 0 Å². The maximum absolute atomic E-state index is 14.5. The fraction of sp³-hybridized carbons (Fsp3) is 0.368. The van der Waals surface area contributed by atoms with Gasteiger partial charge in [0, 0.05) is 42.6 Å². The highest BCUT2D eigenvalue weighted by molar-refractivity contribution is 6.31. The Bertz CT molecular complexity index is 1780. The topological polar surface area (TPSA) is 120 Å². The lowest BCUT2D eigenvalue weighted by molar-refractivity contribution is 0.0544. The van der Waals surface area contributed by atoms with E-state index in [-0.39, 0.29) is 30.5 Å². The van der Waals surface area contributed by atoms with E-state index in [1.54, 1.807) is 39.9 Å². The third-order valence-corrected chi connectivity index (χ3v) is 9.26. The Hall–Kier alpha value is -4.67. The van der Waals surface area contributed by atoms with E-state index in [1.807, 2.05) is 54.3 Å². The number of aryl methyl sites for hydroxylation is 1. The van der Waals surface area contributed by atoms with E-state index in [4.69, 9.17) is 16.7 Å². The van der Waals surface area contributed by atoms with Gasteiger partial charge in [0.2, 0.25) is 0 Å². The lowest BCUT2D eigenvalue weighted by Crippen LogP contribution is -2.46. The van der Waals surface area contributed by atoms with Gasteiger partial charge in [0.05, 0.1) is 23.9 Å². The van der Waals surface area contributed by atoms with Crippen molar-refractivity contribution in [3.05, 3.63) is 111 Å². The Kier molecular flexibility index (Phi) is 12.1. The Balaban J connectivity index is 1.48. The van der Waals surface area contributed by atoms with Crippen LogP contribution in [0, 0.1) is 6.92 Å². The van der Waals surface area contributed by atoms with E-state index in [0.29, 0.717) is 53.8 Å². The van der Waals surface area contributed by atoms with Gasteiger partial charge in [0.15, 0.2) is 5.69 Å². The third kappa shape index (κ3) is 8.50. The number of nitrogens with one attached hydrogen (secondary N) is 2. The number of aromatic nitrogens is 2. The number of carbonyl (C=O) groups is 3. The average Bonchev–Trinajstić information content (AvgIpc) is 3.51. The summed E-state index contributed by atoms with van der Waals surface area (Å²) >= 11 is 6.26. The number of amides is 4. The average molecular weight is 685 g/mol. The second-order valence-corrected chi connectivity index (χ2v) is 12.9. The van der Waals surface area contributed by atoms with Crippen molar-refractivity contribution >= 4 is 35.1 Å². The molecule has 0 spiro atoms. The summed E-state index contributed by atoms with van der Waals surface area (Å²) in [7, 11) is 0. The summed E-state index contributed by atoms with van der Waals surface area (Å²) in [4.78, 5) is 44.7. The van der Waals surface area contributed by atoms with Gasteiger partial charge in [-0.3, -0.25) is 9.59 Å². The number of hydrogen-bond donors (Lipinski definition) is 3. The van der Waals surface area contributed by atoms with Crippen LogP contribution in [0.1, 0.15) is 82.8 Å². The van der Waals surface area contributed by atoms with Crippen LogP contribution in [0.3, 0.4) is 0 Å². The molecule has 0 fully saturated rings. The third-order valence-electron chi connectivity index (χ3n) is 8.89. The molecule has 4 amide bonds. The first-order valence-electron chi connectivity index (χ1n) is 17.0. The molecule has 1 atom stereocenters. The molecule has 2 heterocycles. The highest BCUT2D eigenvalue weighted by Crippen LogP contribution is 2.29. The van der Waals surface area contributed by atoms with Crippen LogP contribution in [0.15, 0.2) is 72.8 Å². The number of benzene rings is 3. The molecule has 0 saturated carbocycles. The zero-order chi connectivity index (χ0) is 34.9. The van der Waals surface area contributed by atoms with Crippen LogP contribution in [0.5, 0.6) is 0 Å². The summed E-state index contributed by atoms with van der Waals surface area (Å²) in [6, 6.07) is 21.1. The summed E-state index contributed by atoms with van der Waals surface area (Å²) in [5.74, 6) is -0.461. The second kappa shape index (κ2) is 16.6. The lowest BCUT2D eigenvalue weighted by atomic mass is 9.93. The van der Waals surface area contributed by atoms with Crippen molar-refractivity contribution in [1.29, 1.82) is 0 Å². The maximum atomic E-state index is 14.5. The molecule has 258 valence electrons. The number of hydrogen-bond acceptors (Lipinski definition) is 5. The van der Waals surface area contributed by atoms with E-state index in [1.165, 1.54) is 0 Å².